The molecular formula is C21H30N2O4. The summed E-state index contributed by atoms with van der Waals surface area (Å²) in [5.41, 5.74) is 0.878. The molecule has 0 N–H and O–H groups in total. The molecule has 148 valence electrons. The van der Waals surface area contributed by atoms with Crippen LogP contribution in [0.2, 0.25) is 0 Å². The van der Waals surface area contributed by atoms with E-state index in [0.717, 1.165) is 24.8 Å². The Kier molecular flexibility index (Phi) is 8.17. The van der Waals surface area contributed by atoms with E-state index in [0.29, 0.717) is 44.3 Å². The second-order valence-corrected chi connectivity index (χ2v) is 6.63. The summed E-state index contributed by atoms with van der Waals surface area (Å²) < 4.78 is 11.1. The Bertz CT molecular complexity index is 672. The molecule has 6 heteroatoms. The monoisotopic (exact) mass is 374 g/mol. The van der Waals surface area contributed by atoms with Gasteiger partial charge in [0.2, 0.25) is 11.8 Å². The molecule has 1 aliphatic rings. The van der Waals surface area contributed by atoms with Crippen molar-refractivity contribution in [3.8, 4) is 11.5 Å². The Balaban J connectivity index is 1.97. The third kappa shape index (κ3) is 6.31. The molecule has 0 aromatic heterocycles. The summed E-state index contributed by atoms with van der Waals surface area (Å²) in [6.45, 7) is 6.88. The van der Waals surface area contributed by atoms with E-state index in [1.807, 2.05) is 18.2 Å². The minimum absolute atomic E-state index is 0.0392. The van der Waals surface area contributed by atoms with Gasteiger partial charge >= 0.3 is 0 Å². The van der Waals surface area contributed by atoms with Crippen molar-refractivity contribution in [3.05, 3.63) is 29.8 Å². The minimum atomic E-state index is -0.0392. The number of hydrogen-bond acceptors (Lipinski definition) is 4. The van der Waals surface area contributed by atoms with E-state index in [1.54, 1.807) is 36.0 Å². The van der Waals surface area contributed by atoms with Crippen LogP contribution in [0.1, 0.15) is 38.7 Å². The summed E-state index contributed by atoms with van der Waals surface area (Å²) in [6, 6.07) is 5.65. The first-order chi connectivity index (χ1) is 13.0. The van der Waals surface area contributed by atoms with Gasteiger partial charge in [-0.15, -0.1) is 0 Å². The van der Waals surface area contributed by atoms with E-state index in [1.165, 1.54) is 0 Å². The van der Waals surface area contributed by atoms with Gasteiger partial charge in [-0.1, -0.05) is 19.4 Å². The average Bonchev–Trinajstić information content (AvgIpc) is 2.93. The molecule has 1 aliphatic heterocycles. The van der Waals surface area contributed by atoms with Crippen molar-refractivity contribution in [2.75, 3.05) is 39.9 Å². The number of hydrogen-bond donors (Lipinski definition) is 0. The van der Waals surface area contributed by atoms with E-state index in [2.05, 4.69) is 6.92 Å². The standard InChI is InChI=1S/C21H30N2O4/c1-4-5-15-27-19-9-7-18(16-20(19)26-3)8-10-21(25)23-12-6-11-22(13-14-23)17(2)24/h7-10,16H,4-6,11-15H2,1-3H3/b10-8+. The lowest BCUT2D eigenvalue weighted by Crippen LogP contribution is -2.35. The van der Waals surface area contributed by atoms with Crippen LogP contribution in [0.4, 0.5) is 0 Å². The quantitative estimate of drug-likeness (QED) is 0.544. The second kappa shape index (κ2) is 10.6. The van der Waals surface area contributed by atoms with Crippen LogP contribution in [-0.2, 0) is 9.59 Å². The van der Waals surface area contributed by atoms with Crippen LogP contribution in [0.5, 0.6) is 11.5 Å². The molecule has 1 heterocycles. The highest BCUT2D eigenvalue weighted by atomic mass is 16.5. The van der Waals surface area contributed by atoms with E-state index in [-0.39, 0.29) is 11.8 Å². The Morgan fingerprint density at radius 2 is 1.85 bits per heavy atom. The first-order valence-electron chi connectivity index (χ1n) is 9.58. The highest BCUT2D eigenvalue weighted by Gasteiger charge is 2.18. The molecule has 1 saturated heterocycles. The van der Waals surface area contributed by atoms with Crippen LogP contribution in [0.25, 0.3) is 6.08 Å². The first kappa shape index (κ1) is 20.8. The molecule has 0 unspecified atom stereocenters. The fourth-order valence-electron chi connectivity index (χ4n) is 2.96. The van der Waals surface area contributed by atoms with Crippen molar-refractivity contribution >= 4 is 17.9 Å². The molecule has 0 radical (unpaired) electrons. The predicted octanol–water partition coefficient (Wildman–Crippen LogP) is 2.97. The summed E-state index contributed by atoms with van der Waals surface area (Å²) >= 11 is 0. The largest absolute Gasteiger partial charge is 0.493 e. The molecule has 1 aromatic rings. The van der Waals surface area contributed by atoms with Crippen molar-refractivity contribution in [1.82, 2.24) is 9.80 Å². The van der Waals surface area contributed by atoms with Crippen LogP contribution in [0.3, 0.4) is 0 Å². The molecule has 6 nitrogen and oxygen atoms in total. The zero-order valence-corrected chi connectivity index (χ0v) is 16.6. The van der Waals surface area contributed by atoms with Gasteiger partial charge in [0.1, 0.15) is 0 Å². The molecule has 1 aromatic carbocycles. The number of methoxy groups -OCH3 is 1. The summed E-state index contributed by atoms with van der Waals surface area (Å²) in [5, 5.41) is 0. The zero-order valence-electron chi connectivity index (χ0n) is 16.6. The van der Waals surface area contributed by atoms with Crippen molar-refractivity contribution < 1.29 is 19.1 Å². The van der Waals surface area contributed by atoms with Crippen LogP contribution in [0, 0.1) is 0 Å². The van der Waals surface area contributed by atoms with Gasteiger partial charge in [-0.2, -0.15) is 0 Å². The SMILES string of the molecule is CCCCOc1ccc(/C=C/C(=O)N2CCCN(C(C)=O)CC2)cc1OC. The lowest BCUT2D eigenvalue weighted by molar-refractivity contribution is -0.130. The van der Waals surface area contributed by atoms with Gasteiger partial charge in [-0.05, 0) is 36.6 Å². The fourth-order valence-corrected chi connectivity index (χ4v) is 2.96. The van der Waals surface area contributed by atoms with Gasteiger partial charge in [0.15, 0.2) is 11.5 Å². The summed E-state index contributed by atoms with van der Waals surface area (Å²) in [5.74, 6) is 1.40. The first-order valence-corrected chi connectivity index (χ1v) is 9.58. The zero-order chi connectivity index (χ0) is 19.6. The highest BCUT2D eigenvalue weighted by Crippen LogP contribution is 2.28. The van der Waals surface area contributed by atoms with Gasteiger partial charge in [0.25, 0.3) is 0 Å². The van der Waals surface area contributed by atoms with Crippen LogP contribution < -0.4 is 9.47 Å². The maximum absolute atomic E-state index is 12.5. The molecule has 0 atom stereocenters. The molecule has 0 bridgehead atoms. The third-order valence-corrected chi connectivity index (χ3v) is 4.61. The topological polar surface area (TPSA) is 59.1 Å². The number of carbonyl (C=O) groups excluding carboxylic acids is 2. The molecule has 0 aliphatic carbocycles. The Hall–Kier alpha value is -2.50. The Morgan fingerprint density at radius 1 is 1.11 bits per heavy atom. The van der Waals surface area contributed by atoms with Crippen molar-refractivity contribution in [2.45, 2.75) is 33.1 Å². The van der Waals surface area contributed by atoms with Crippen molar-refractivity contribution in [3.63, 3.8) is 0 Å². The van der Waals surface area contributed by atoms with Crippen molar-refractivity contribution in [2.24, 2.45) is 0 Å². The fraction of sp³-hybridized carbons (Fsp3) is 0.524. The van der Waals surface area contributed by atoms with E-state index in [9.17, 15) is 9.59 Å². The van der Waals surface area contributed by atoms with E-state index in [4.69, 9.17) is 9.47 Å². The third-order valence-electron chi connectivity index (χ3n) is 4.61. The molecule has 2 amide bonds. The summed E-state index contributed by atoms with van der Waals surface area (Å²) in [7, 11) is 1.61. The number of rotatable bonds is 7. The van der Waals surface area contributed by atoms with Crippen LogP contribution in [0.15, 0.2) is 24.3 Å². The number of carbonyl (C=O) groups is 2. The number of amides is 2. The van der Waals surface area contributed by atoms with Gasteiger partial charge in [0.05, 0.1) is 13.7 Å². The Morgan fingerprint density at radius 3 is 2.56 bits per heavy atom. The van der Waals surface area contributed by atoms with E-state index >= 15 is 0 Å². The smallest absolute Gasteiger partial charge is 0.246 e. The molecule has 27 heavy (non-hydrogen) atoms. The summed E-state index contributed by atoms with van der Waals surface area (Å²) in [4.78, 5) is 27.6. The van der Waals surface area contributed by atoms with Crippen LogP contribution >= 0.6 is 0 Å². The summed E-state index contributed by atoms with van der Waals surface area (Å²) in [6.07, 6.45) is 6.24. The Labute approximate surface area is 161 Å². The normalized spacial score (nSPS) is 14.9. The molecule has 0 spiro atoms. The molecule has 1 fully saturated rings. The molecular weight excluding hydrogens is 344 g/mol. The number of nitrogens with zero attached hydrogens (tertiary/aromatic N) is 2. The molecule has 2 rings (SSSR count). The lowest BCUT2D eigenvalue weighted by atomic mass is 10.2. The highest BCUT2D eigenvalue weighted by molar-refractivity contribution is 5.92. The maximum atomic E-state index is 12.5. The van der Waals surface area contributed by atoms with Gasteiger partial charge < -0.3 is 19.3 Å². The number of ether oxygens (including phenoxy) is 2. The predicted molar refractivity (Wildman–Crippen MR) is 106 cm³/mol. The molecule has 0 saturated carbocycles. The van der Waals surface area contributed by atoms with Gasteiger partial charge in [-0.3, -0.25) is 9.59 Å². The van der Waals surface area contributed by atoms with Gasteiger partial charge in [-0.25, -0.2) is 0 Å². The average molecular weight is 374 g/mol. The van der Waals surface area contributed by atoms with E-state index < -0.39 is 0 Å². The van der Waals surface area contributed by atoms with Crippen LogP contribution in [-0.4, -0.2) is 61.5 Å². The minimum Gasteiger partial charge on any atom is -0.493 e. The van der Waals surface area contributed by atoms with Gasteiger partial charge in [0, 0.05) is 39.2 Å². The second-order valence-electron chi connectivity index (χ2n) is 6.63. The number of unbranched alkanes of at least 4 members (excludes halogenated alkanes) is 1. The lowest BCUT2D eigenvalue weighted by Gasteiger charge is -2.20. The number of benzene rings is 1. The van der Waals surface area contributed by atoms with Crippen molar-refractivity contribution in [1.29, 1.82) is 0 Å². The maximum Gasteiger partial charge on any atom is 0.246 e.